The van der Waals surface area contributed by atoms with Gasteiger partial charge in [-0.2, -0.15) is 0 Å². The van der Waals surface area contributed by atoms with Gasteiger partial charge in [-0.3, -0.25) is 0 Å². The molecule has 0 spiro atoms. The lowest BCUT2D eigenvalue weighted by molar-refractivity contribution is 0.0325. The second kappa shape index (κ2) is 7.22. The van der Waals surface area contributed by atoms with E-state index in [1.165, 1.54) is 0 Å². The minimum Gasteiger partial charge on any atom is -0.507 e. The zero-order valence-electron chi connectivity index (χ0n) is 16.9. The molecule has 0 amide bonds. The molecular weight excluding hydrogens is 371 g/mol. The van der Waals surface area contributed by atoms with E-state index in [9.17, 15) is 9.50 Å². The van der Waals surface area contributed by atoms with Crippen molar-refractivity contribution in [3.8, 4) is 17.0 Å². The van der Waals surface area contributed by atoms with Crippen molar-refractivity contribution >= 4 is 5.82 Å². The van der Waals surface area contributed by atoms with E-state index in [2.05, 4.69) is 15.5 Å². The first-order valence-corrected chi connectivity index (χ1v) is 10.4. The first-order valence-electron chi connectivity index (χ1n) is 10.4. The molecule has 4 atom stereocenters. The molecule has 6 nitrogen and oxygen atoms in total. The van der Waals surface area contributed by atoms with Crippen LogP contribution in [0.4, 0.5) is 10.2 Å². The zero-order chi connectivity index (χ0) is 20.1. The van der Waals surface area contributed by atoms with Crippen molar-refractivity contribution < 1.29 is 14.2 Å². The molecule has 0 aliphatic carbocycles. The number of ether oxygens (including phenoxy) is 1. The van der Waals surface area contributed by atoms with Crippen molar-refractivity contribution in [2.24, 2.45) is 0 Å². The number of likely N-dealkylation sites (tertiary alicyclic amines) is 1. The molecule has 2 saturated heterocycles. The van der Waals surface area contributed by atoms with Gasteiger partial charge in [-0.25, -0.2) is 4.39 Å². The smallest absolute Gasteiger partial charge is 0.155 e. The first-order chi connectivity index (χ1) is 14.0. The van der Waals surface area contributed by atoms with Gasteiger partial charge < -0.3 is 20.1 Å². The Hall–Kier alpha value is -2.25. The lowest BCUT2D eigenvalue weighted by atomic mass is 9.93. The maximum atomic E-state index is 14.1. The molecular formula is C22H27FN4O2. The molecule has 0 saturated carbocycles. The number of fused-ring (bicyclic) bond motifs is 4. The number of nitrogens with zero attached hydrogens (tertiary/aromatic N) is 3. The number of anilines is 1. The number of hydrogen-bond acceptors (Lipinski definition) is 6. The number of alkyl halides is 1. The van der Waals surface area contributed by atoms with Crippen LogP contribution in [0.2, 0.25) is 0 Å². The molecule has 29 heavy (non-hydrogen) atoms. The maximum absolute atomic E-state index is 14.1. The van der Waals surface area contributed by atoms with Crippen molar-refractivity contribution in [2.45, 2.75) is 57.0 Å². The number of rotatable bonds is 3. The van der Waals surface area contributed by atoms with Gasteiger partial charge in [0.2, 0.25) is 0 Å². The molecule has 1 aromatic heterocycles. The molecule has 2 N–H and O–H groups in total. The van der Waals surface area contributed by atoms with Gasteiger partial charge in [0.1, 0.15) is 17.6 Å². The topological polar surface area (TPSA) is 70.5 Å². The highest BCUT2D eigenvalue weighted by molar-refractivity contribution is 5.73. The van der Waals surface area contributed by atoms with E-state index in [-0.39, 0.29) is 24.0 Å². The highest BCUT2D eigenvalue weighted by Crippen LogP contribution is 2.47. The summed E-state index contributed by atoms with van der Waals surface area (Å²) in [6.45, 7) is 3.19. The van der Waals surface area contributed by atoms with E-state index < -0.39 is 6.17 Å². The van der Waals surface area contributed by atoms with E-state index in [0.29, 0.717) is 24.3 Å². The number of benzene rings is 1. The summed E-state index contributed by atoms with van der Waals surface area (Å²) in [4.78, 5) is 2.01. The van der Waals surface area contributed by atoms with Crippen LogP contribution in [0.5, 0.6) is 5.75 Å². The van der Waals surface area contributed by atoms with Crippen LogP contribution in [0.25, 0.3) is 11.3 Å². The van der Waals surface area contributed by atoms with E-state index in [1.54, 1.807) is 6.07 Å². The van der Waals surface area contributed by atoms with Gasteiger partial charge in [-0.1, -0.05) is 6.07 Å². The van der Waals surface area contributed by atoms with Crippen LogP contribution >= 0.6 is 0 Å². The third-order valence-electron chi connectivity index (χ3n) is 6.31. The van der Waals surface area contributed by atoms with E-state index >= 15 is 0 Å². The fourth-order valence-corrected chi connectivity index (χ4v) is 5.04. The number of aromatic nitrogens is 2. The van der Waals surface area contributed by atoms with Gasteiger partial charge in [0.15, 0.2) is 5.82 Å². The second-order valence-electron chi connectivity index (χ2n) is 8.73. The Morgan fingerprint density at radius 2 is 2.10 bits per heavy atom. The lowest BCUT2D eigenvalue weighted by Crippen LogP contribution is -2.45. The van der Waals surface area contributed by atoms with Crippen molar-refractivity contribution in [2.75, 3.05) is 25.5 Å². The third kappa shape index (κ3) is 3.46. The summed E-state index contributed by atoms with van der Waals surface area (Å²) in [6, 6.07) is 5.62. The number of hydrogen-bond donors (Lipinski definition) is 2. The Labute approximate surface area is 170 Å². The molecule has 154 valence electrons. The maximum Gasteiger partial charge on any atom is 0.155 e. The summed E-state index contributed by atoms with van der Waals surface area (Å²) >= 11 is 0. The minimum atomic E-state index is -0.842. The van der Waals surface area contributed by atoms with Crippen molar-refractivity contribution in [1.29, 1.82) is 0 Å². The number of nitrogens with one attached hydrogen (secondary N) is 1. The Morgan fingerprint density at radius 3 is 2.90 bits per heavy atom. The molecule has 2 aromatic rings. The fraction of sp³-hybridized carbons (Fsp3) is 0.545. The van der Waals surface area contributed by atoms with Gasteiger partial charge in [-0.05, 0) is 50.1 Å². The molecule has 3 aliphatic rings. The molecule has 1 aromatic carbocycles. The van der Waals surface area contributed by atoms with E-state index in [4.69, 9.17) is 4.74 Å². The average Bonchev–Trinajstić information content (AvgIpc) is 3.03. The van der Waals surface area contributed by atoms with Gasteiger partial charge in [0, 0.05) is 43.1 Å². The number of phenols is 1. The number of likely N-dealkylation sites (N-methyl/N-ethyl adjacent to an activating group) is 1. The molecule has 7 heteroatoms. The Bertz CT molecular complexity index is 927. The SMILES string of the molecule is Cc1ccc(-c2nnc(N[C@@H]3C[C@@H](F)CN(C)C3)c3c2C[C@@H]2CC[C@H]3O2)c(O)c1. The fourth-order valence-electron chi connectivity index (χ4n) is 5.04. The summed E-state index contributed by atoms with van der Waals surface area (Å²) < 4.78 is 20.2. The summed E-state index contributed by atoms with van der Waals surface area (Å²) in [6.07, 6.45) is 2.52. The number of halogens is 1. The molecule has 4 heterocycles. The lowest BCUT2D eigenvalue weighted by Gasteiger charge is -2.34. The molecule has 0 unspecified atom stereocenters. The predicted molar refractivity (Wildman–Crippen MR) is 109 cm³/mol. The van der Waals surface area contributed by atoms with Crippen LogP contribution in [0, 0.1) is 6.92 Å². The molecule has 2 fully saturated rings. The number of phenolic OH excluding ortho intramolecular Hbond substituents is 1. The van der Waals surface area contributed by atoms with Gasteiger partial charge in [0.05, 0.1) is 12.2 Å². The minimum absolute atomic E-state index is 0.0140. The predicted octanol–water partition coefficient (Wildman–Crippen LogP) is 3.39. The number of aryl methyl sites for hydroxylation is 1. The first kappa shape index (κ1) is 18.8. The van der Waals surface area contributed by atoms with E-state index in [0.717, 1.165) is 48.2 Å². The van der Waals surface area contributed by atoms with Crippen LogP contribution < -0.4 is 5.32 Å². The standard InChI is InChI=1S/C22H27FN4O2/c1-12-3-5-16(18(28)7-12)21-17-9-15-4-6-19(29-15)20(17)22(26-25-21)24-14-8-13(23)10-27(2)11-14/h3,5,7,13-15,19,28H,4,6,8-11H2,1-2H3,(H,24,26)/t13-,14-,15+,19-/m1/s1. The van der Waals surface area contributed by atoms with Gasteiger partial charge in [0.25, 0.3) is 0 Å². The van der Waals surface area contributed by atoms with Crippen molar-refractivity contribution in [3.63, 3.8) is 0 Å². The molecule has 5 rings (SSSR count). The molecule has 2 bridgehead atoms. The summed E-state index contributed by atoms with van der Waals surface area (Å²) in [5.41, 5.74) is 4.56. The van der Waals surface area contributed by atoms with Crippen LogP contribution in [-0.4, -0.2) is 58.7 Å². The van der Waals surface area contributed by atoms with Crippen LogP contribution in [0.1, 0.15) is 42.1 Å². The van der Waals surface area contributed by atoms with Crippen molar-refractivity contribution in [3.05, 3.63) is 34.9 Å². The molecule has 0 radical (unpaired) electrons. The Morgan fingerprint density at radius 1 is 1.24 bits per heavy atom. The molecule has 3 aliphatic heterocycles. The van der Waals surface area contributed by atoms with Crippen LogP contribution in [-0.2, 0) is 11.2 Å². The van der Waals surface area contributed by atoms with Crippen molar-refractivity contribution in [1.82, 2.24) is 15.1 Å². The quantitative estimate of drug-likeness (QED) is 0.826. The van der Waals surface area contributed by atoms with Gasteiger partial charge >= 0.3 is 0 Å². The normalized spacial score (nSPS) is 28.9. The Kier molecular flexibility index (Phi) is 4.67. The summed E-state index contributed by atoms with van der Waals surface area (Å²) in [5.74, 6) is 0.920. The van der Waals surface area contributed by atoms with E-state index in [1.807, 2.05) is 31.0 Å². The zero-order valence-corrected chi connectivity index (χ0v) is 16.9. The largest absolute Gasteiger partial charge is 0.507 e. The van der Waals surface area contributed by atoms with Crippen LogP contribution in [0.3, 0.4) is 0 Å². The van der Waals surface area contributed by atoms with Crippen LogP contribution in [0.15, 0.2) is 18.2 Å². The number of aromatic hydroxyl groups is 1. The highest BCUT2D eigenvalue weighted by atomic mass is 19.1. The third-order valence-corrected chi connectivity index (χ3v) is 6.31. The Balaban J connectivity index is 1.56. The van der Waals surface area contributed by atoms with Gasteiger partial charge in [-0.15, -0.1) is 10.2 Å². The summed E-state index contributed by atoms with van der Waals surface area (Å²) in [7, 11) is 1.94. The number of piperidine rings is 1. The monoisotopic (exact) mass is 398 g/mol. The second-order valence-corrected chi connectivity index (χ2v) is 8.73. The highest BCUT2D eigenvalue weighted by Gasteiger charge is 2.39. The summed E-state index contributed by atoms with van der Waals surface area (Å²) in [5, 5.41) is 23.0. The average molecular weight is 398 g/mol.